The molecule has 1 aromatic heterocycles. The molecule has 0 amide bonds. The van der Waals surface area contributed by atoms with E-state index in [9.17, 15) is 9.50 Å². The van der Waals surface area contributed by atoms with Gasteiger partial charge >= 0.3 is 5.79 Å². The fraction of sp³-hybridized carbons (Fsp3) is 0.231. The molecule has 4 nitrogen and oxygen atoms in total. The molecular formula is C13H11FO4. The van der Waals surface area contributed by atoms with Gasteiger partial charge in [0.2, 0.25) is 0 Å². The zero-order valence-corrected chi connectivity index (χ0v) is 9.64. The van der Waals surface area contributed by atoms with Crippen molar-refractivity contribution in [3.8, 4) is 0 Å². The summed E-state index contributed by atoms with van der Waals surface area (Å²) in [5.74, 6) is -1.04. The van der Waals surface area contributed by atoms with E-state index in [0.29, 0.717) is 22.3 Å². The van der Waals surface area contributed by atoms with Crippen molar-refractivity contribution in [3.05, 3.63) is 47.9 Å². The van der Waals surface area contributed by atoms with Crippen molar-refractivity contribution in [2.24, 2.45) is 0 Å². The van der Waals surface area contributed by atoms with Crippen molar-refractivity contribution in [3.63, 3.8) is 0 Å². The predicted octanol–water partition coefficient (Wildman–Crippen LogP) is 2.75. The highest BCUT2D eigenvalue weighted by atomic mass is 19.1. The van der Waals surface area contributed by atoms with Gasteiger partial charge in [0, 0.05) is 17.9 Å². The Morgan fingerprint density at radius 3 is 2.61 bits per heavy atom. The molecule has 0 atom stereocenters. The lowest BCUT2D eigenvalue weighted by atomic mass is 10.1. The van der Waals surface area contributed by atoms with Crippen LogP contribution in [0.25, 0.3) is 11.0 Å². The number of aliphatic hydroxyl groups is 1. The summed E-state index contributed by atoms with van der Waals surface area (Å²) in [6.07, 6.45) is 2.83. The molecular weight excluding hydrogens is 239 g/mol. The fourth-order valence-corrected chi connectivity index (χ4v) is 1.99. The molecule has 1 aromatic carbocycles. The van der Waals surface area contributed by atoms with Crippen LogP contribution in [-0.2, 0) is 21.9 Å². The van der Waals surface area contributed by atoms with E-state index in [1.165, 1.54) is 24.7 Å². The summed E-state index contributed by atoms with van der Waals surface area (Å²) < 4.78 is 29.6. The van der Waals surface area contributed by atoms with Crippen LogP contribution < -0.4 is 0 Å². The molecule has 3 rings (SSSR count). The number of aliphatic hydroxyl groups excluding tert-OH is 1. The van der Waals surface area contributed by atoms with Crippen molar-refractivity contribution in [1.82, 2.24) is 0 Å². The van der Waals surface area contributed by atoms with Crippen molar-refractivity contribution >= 4 is 11.0 Å². The molecule has 1 N–H and O–H groups in total. The number of ether oxygens (including phenoxy) is 2. The lowest BCUT2D eigenvalue weighted by molar-refractivity contribution is -0.146. The van der Waals surface area contributed by atoms with Gasteiger partial charge in [-0.15, -0.1) is 0 Å². The van der Waals surface area contributed by atoms with E-state index in [2.05, 4.69) is 0 Å². The quantitative estimate of drug-likeness (QED) is 0.890. The lowest BCUT2D eigenvalue weighted by Gasteiger charge is -2.19. The molecule has 18 heavy (non-hydrogen) atoms. The van der Waals surface area contributed by atoms with Gasteiger partial charge in [0.25, 0.3) is 0 Å². The first-order chi connectivity index (χ1) is 8.62. The summed E-state index contributed by atoms with van der Waals surface area (Å²) in [5.41, 5.74) is 0.833. The minimum absolute atomic E-state index is 0.294. The lowest BCUT2D eigenvalue weighted by Crippen LogP contribution is -2.21. The highest BCUT2D eigenvalue weighted by molar-refractivity contribution is 5.81. The Morgan fingerprint density at radius 2 is 1.94 bits per heavy atom. The monoisotopic (exact) mass is 250 g/mol. The summed E-state index contributed by atoms with van der Waals surface area (Å²) in [6, 6.07) is 4.23. The maximum atomic E-state index is 13.3. The Bertz CT molecular complexity index is 621. The van der Waals surface area contributed by atoms with Crippen LogP contribution in [0.15, 0.2) is 35.1 Å². The fourth-order valence-electron chi connectivity index (χ4n) is 1.99. The number of furan rings is 1. The van der Waals surface area contributed by atoms with Gasteiger partial charge in [-0.1, -0.05) is 0 Å². The number of rotatable bonds is 2. The van der Waals surface area contributed by atoms with E-state index in [0.717, 1.165) is 0 Å². The molecule has 1 aliphatic heterocycles. The van der Waals surface area contributed by atoms with Gasteiger partial charge in [-0.25, -0.2) is 4.39 Å². The Labute approximate surface area is 102 Å². The topological polar surface area (TPSA) is 51.8 Å². The van der Waals surface area contributed by atoms with E-state index in [1.807, 2.05) is 0 Å². The molecule has 0 unspecified atom stereocenters. The number of hydrogen-bond acceptors (Lipinski definition) is 4. The first kappa shape index (κ1) is 11.1. The maximum Gasteiger partial charge on any atom is 0.306 e. The Kier molecular flexibility index (Phi) is 2.31. The normalized spacial score (nSPS) is 16.8. The van der Waals surface area contributed by atoms with Gasteiger partial charge in [-0.05, 0) is 18.2 Å². The SMILES string of the molecule is CC1(c2cc3cc(F)cc(CO)c3o2)OC=CO1. The van der Waals surface area contributed by atoms with E-state index >= 15 is 0 Å². The first-order valence-electron chi connectivity index (χ1n) is 5.46. The highest BCUT2D eigenvalue weighted by Gasteiger charge is 2.36. The van der Waals surface area contributed by atoms with E-state index in [-0.39, 0.29) is 6.61 Å². The van der Waals surface area contributed by atoms with Crippen LogP contribution in [0.1, 0.15) is 18.2 Å². The van der Waals surface area contributed by atoms with Crippen LogP contribution in [0.5, 0.6) is 0 Å². The highest BCUT2D eigenvalue weighted by Crippen LogP contribution is 2.36. The number of benzene rings is 1. The number of halogens is 1. The van der Waals surface area contributed by atoms with E-state index in [4.69, 9.17) is 13.9 Å². The zero-order valence-electron chi connectivity index (χ0n) is 9.64. The Morgan fingerprint density at radius 1 is 1.22 bits per heavy atom. The van der Waals surface area contributed by atoms with Crippen LogP contribution in [-0.4, -0.2) is 5.11 Å². The molecule has 94 valence electrons. The third-order valence-electron chi connectivity index (χ3n) is 2.92. The third-order valence-corrected chi connectivity index (χ3v) is 2.92. The number of hydrogen-bond donors (Lipinski definition) is 1. The second-order valence-electron chi connectivity index (χ2n) is 4.21. The second-order valence-corrected chi connectivity index (χ2v) is 4.21. The molecule has 0 fully saturated rings. The summed E-state index contributed by atoms with van der Waals surface area (Å²) >= 11 is 0. The molecule has 0 aliphatic carbocycles. The van der Waals surface area contributed by atoms with Crippen molar-refractivity contribution in [1.29, 1.82) is 0 Å². The van der Waals surface area contributed by atoms with Crippen molar-refractivity contribution in [2.75, 3.05) is 0 Å². The van der Waals surface area contributed by atoms with Crippen molar-refractivity contribution in [2.45, 2.75) is 19.3 Å². The van der Waals surface area contributed by atoms with Gasteiger partial charge in [0.15, 0.2) is 5.76 Å². The summed E-state index contributed by atoms with van der Waals surface area (Å²) in [7, 11) is 0. The summed E-state index contributed by atoms with van der Waals surface area (Å²) in [6.45, 7) is 1.40. The average molecular weight is 250 g/mol. The van der Waals surface area contributed by atoms with E-state index in [1.54, 1.807) is 13.0 Å². The minimum Gasteiger partial charge on any atom is -0.452 e. The average Bonchev–Trinajstić information content (AvgIpc) is 2.95. The van der Waals surface area contributed by atoms with Gasteiger partial charge in [-0.3, -0.25) is 0 Å². The molecule has 0 spiro atoms. The van der Waals surface area contributed by atoms with Crippen LogP contribution in [0.4, 0.5) is 4.39 Å². The Hall–Kier alpha value is -2.01. The second kappa shape index (κ2) is 3.74. The molecule has 0 saturated carbocycles. The van der Waals surface area contributed by atoms with Gasteiger partial charge < -0.3 is 19.0 Å². The summed E-state index contributed by atoms with van der Waals surface area (Å²) in [5, 5.41) is 9.76. The molecule has 0 saturated heterocycles. The summed E-state index contributed by atoms with van der Waals surface area (Å²) in [4.78, 5) is 0. The van der Waals surface area contributed by atoms with Crippen LogP contribution in [0.3, 0.4) is 0 Å². The van der Waals surface area contributed by atoms with Crippen molar-refractivity contribution < 1.29 is 23.4 Å². The first-order valence-corrected chi connectivity index (χ1v) is 5.46. The van der Waals surface area contributed by atoms with Crippen LogP contribution in [0, 0.1) is 5.82 Å². The van der Waals surface area contributed by atoms with Gasteiger partial charge in [0.1, 0.15) is 23.9 Å². The molecule has 0 radical (unpaired) electrons. The smallest absolute Gasteiger partial charge is 0.306 e. The third kappa shape index (κ3) is 1.55. The molecule has 1 aliphatic rings. The molecule has 2 heterocycles. The Balaban J connectivity index is 2.16. The van der Waals surface area contributed by atoms with Gasteiger partial charge in [0.05, 0.1) is 6.61 Å². The minimum atomic E-state index is -1.04. The van der Waals surface area contributed by atoms with E-state index < -0.39 is 11.6 Å². The molecule has 5 heteroatoms. The molecule has 2 aromatic rings. The maximum absolute atomic E-state index is 13.3. The standard InChI is InChI=1S/C13H11FO4/c1-13(16-2-3-17-13)11-6-8-4-10(14)5-9(7-15)12(8)18-11/h2-6,15H,7H2,1H3. The van der Waals surface area contributed by atoms with Crippen LogP contribution in [0.2, 0.25) is 0 Å². The molecule has 0 bridgehead atoms. The predicted molar refractivity (Wildman–Crippen MR) is 60.8 cm³/mol. The van der Waals surface area contributed by atoms with Gasteiger partial charge in [-0.2, -0.15) is 0 Å². The number of fused-ring (bicyclic) bond motifs is 1. The van der Waals surface area contributed by atoms with Crippen LogP contribution >= 0.6 is 0 Å². The zero-order chi connectivity index (χ0) is 12.8. The largest absolute Gasteiger partial charge is 0.452 e.